The zero-order valence-corrected chi connectivity index (χ0v) is 13.1. The van der Waals surface area contributed by atoms with Crippen molar-refractivity contribution in [3.8, 4) is 5.75 Å². The number of ether oxygens (including phenoxy) is 1. The predicted molar refractivity (Wildman–Crippen MR) is 77.1 cm³/mol. The highest BCUT2D eigenvalue weighted by atomic mass is 79.9. The largest absolute Gasteiger partial charge is 0.496 e. The van der Waals surface area contributed by atoms with Gasteiger partial charge in [-0.15, -0.1) is 0 Å². The second-order valence-corrected chi connectivity index (χ2v) is 5.66. The van der Waals surface area contributed by atoms with Crippen LogP contribution in [0.2, 0.25) is 0 Å². The Labute approximate surface area is 117 Å². The number of carbonyl (C=O) groups is 1. The standard InChI is InChI=1S/C14H20BrNO2/c1-9(2)16(10(3)4)14(17)12-7-6-11(15)8-13(12)18-5/h6-10H,1-5H3. The van der Waals surface area contributed by atoms with E-state index in [1.165, 1.54) is 0 Å². The summed E-state index contributed by atoms with van der Waals surface area (Å²) in [5, 5.41) is 0. The minimum Gasteiger partial charge on any atom is -0.496 e. The third kappa shape index (κ3) is 3.25. The molecule has 3 nitrogen and oxygen atoms in total. The molecule has 0 radical (unpaired) electrons. The van der Waals surface area contributed by atoms with E-state index < -0.39 is 0 Å². The van der Waals surface area contributed by atoms with E-state index in [0.717, 1.165) is 4.47 Å². The molecule has 0 saturated heterocycles. The number of carbonyl (C=O) groups excluding carboxylic acids is 1. The molecule has 1 aromatic carbocycles. The van der Waals surface area contributed by atoms with Crippen molar-refractivity contribution in [2.24, 2.45) is 0 Å². The van der Waals surface area contributed by atoms with Crippen molar-refractivity contribution in [1.82, 2.24) is 4.90 Å². The third-order valence-corrected chi connectivity index (χ3v) is 3.23. The molecular weight excluding hydrogens is 294 g/mol. The van der Waals surface area contributed by atoms with Crippen molar-refractivity contribution in [3.63, 3.8) is 0 Å². The first-order valence-electron chi connectivity index (χ1n) is 6.04. The van der Waals surface area contributed by atoms with Crippen molar-refractivity contribution in [2.45, 2.75) is 39.8 Å². The second kappa shape index (κ2) is 6.23. The quantitative estimate of drug-likeness (QED) is 0.848. The molecule has 0 atom stereocenters. The Kier molecular flexibility index (Phi) is 5.20. The van der Waals surface area contributed by atoms with Crippen LogP contribution < -0.4 is 4.74 Å². The highest BCUT2D eigenvalue weighted by Gasteiger charge is 2.24. The SMILES string of the molecule is COc1cc(Br)ccc1C(=O)N(C(C)C)C(C)C. The molecular formula is C14H20BrNO2. The molecule has 0 fully saturated rings. The van der Waals surface area contributed by atoms with Crippen LogP contribution in [0.4, 0.5) is 0 Å². The minimum atomic E-state index is 0.00403. The molecule has 4 heteroatoms. The summed E-state index contributed by atoms with van der Waals surface area (Å²) in [5.74, 6) is 0.602. The fraction of sp³-hybridized carbons (Fsp3) is 0.500. The van der Waals surface area contributed by atoms with Crippen LogP contribution in [0.5, 0.6) is 5.75 Å². The maximum atomic E-state index is 12.5. The van der Waals surface area contributed by atoms with Crippen molar-refractivity contribution < 1.29 is 9.53 Å². The zero-order chi connectivity index (χ0) is 13.9. The maximum absolute atomic E-state index is 12.5. The van der Waals surface area contributed by atoms with Gasteiger partial charge in [0.2, 0.25) is 0 Å². The maximum Gasteiger partial charge on any atom is 0.258 e. The summed E-state index contributed by atoms with van der Waals surface area (Å²) in [4.78, 5) is 14.4. The third-order valence-electron chi connectivity index (χ3n) is 2.74. The normalized spacial score (nSPS) is 10.9. The Hall–Kier alpha value is -1.03. The molecule has 0 aliphatic heterocycles. The van der Waals surface area contributed by atoms with Crippen LogP contribution in [0.1, 0.15) is 38.1 Å². The van der Waals surface area contributed by atoms with Gasteiger partial charge in [-0.1, -0.05) is 15.9 Å². The number of methoxy groups -OCH3 is 1. The Morgan fingerprint density at radius 1 is 1.22 bits per heavy atom. The van der Waals surface area contributed by atoms with E-state index >= 15 is 0 Å². The summed E-state index contributed by atoms with van der Waals surface area (Å²) in [7, 11) is 1.58. The van der Waals surface area contributed by atoms with Gasteiger partial charge in [0, 0.05) is 16.6 Å². The second-order valence-electron chi connectivity index (χ2n) is 4.74. The van der Waals surface area contributed by atoms with E-state index in [2.05, 4.69) is 15.9 Å². The van der Waals surface area contributed by atoms with Crippen molar-refractivity contribution in [2.75, 3.05) is 7.11 Å². The summed E-state index contributed by atoms with van der Waals surface area (Å²) in [6, 6.07) is 5.78. The first kappa shape index (κ1) is 15.0. The monoisotopic (exact) mass is 313 g/mol. The molecule has 1 amide bonds. The molecule has 0 unspecified atom stereocenters. The summed E-state index contributed by atoms with van der Waals surface area (Å²) in [6.07, 6.45) is 0. The zero-order valence-electron chi connectivity index (χ0n) is 11.5. The van der Waals surface area contributed by atoms with E-state index in [0.29, 0.717) is 11.3 Å². The average molecular weight is 314 g/mol. The average Bonchev–Trinajstić information content (AvgIpc) is 2.27. The predicted octanol–water partition coefficient (Wildman–Crippen LogP) is 3.72. The van der Waals surface area contributed by atoms with E-state index in [9.17, 15) is 4.79 Å². The topological polar surface area (TPSA) is 29.5 Å². The first-order valence-corrected chi connectivity index (χ1v) is 6.84. The van der Waals surface area contributed by atoms with Crippen LogP contribution in [-0.2, 0) is 0 Å². The van der Waals surface area contributed by atoms with Crippen LogP contribution in [0.15, 0.2) is 22.7 Å². The highest BCUT2D eigenvalue weighted by Crippen LogP contribution is 2.26. The number of benzene rings is 1. The minimum absolute atomic E-state index is 0.00403. The Morgan fingerprint density at radius 2 is 1.78 bits per heavy atom. The van der Waals surface area contributed by atoms with Gasteiger partial charge < -0.3 is 9.64 Å². The summed E-state index contributed by atoms with van der Waals surface area (Å²) in [6.45, 7) is 8.07. The van der Waals surface area contributed by atoms with Crippen LogP contribution in [0.25, 0.3) is 0 Å². The van der Waals surface area contributed by atoms with E-state index in [1.807, 2.05) is 44.7 Å². The summed E-state index contributed by atoms with van der Waals surface area (Å²) < 4.78 is 6.18. The molecule has 18 heavy (non-hydrogen) atoms. The van der Waals surface area contributed by atoms with Crippen LogP contribution >= 0.6 is 15.9 Å². The molecule has 100 valence electrons. The number of rotatable bonds is 4. The Morgan fingerprint density at radius 3 is 2.22 bits per heavy atom. The molecule has 0 spiro atoms. The summed E-state index contributed by atoms with van der Waals surface area (Å²) in [5.41, 5.74) is 0.600. The Bertz CT molecular complexity index is 422. The van der Waals surface area contributed by atoms with Gasteiger partial charge in [-0.3, -0.25) is 4.79 Å². The van der Waals surface area contributed by atoms with E-state index in [4.69, 9.17) is 4.74 Å². The Balaban J connectivity index is 3.16. The summed E-state index contributed by atoms with van der Waals surface area (Å²) >= 11 is 3.38. The van der Waals surface area contributed by atoms with Crippen molar-refractivity contribution in [3.05, 3.63) is 28.2 Å². The van der Waals surface area contributed by atoms with Gasteiger partial charge in [-0.05, 0) is 45.9 Å². The molecule has 0 aromatic heterocycles. The molecule has 1 rings (SSSR count). The van der Waals surface area contributed by atoms with Gasteiger partial charge >= 0.3 is 0 Å². The highest BCUT2D eigenvalue weighted by molar-refractivity contribution is 9.10. The van der Waals surface area contributed by atoms with Crippen LogP contribution in [0.3, 0.4) is 0 Å². The fourth-order valence-electron chi connectivity index (χ4n) is 2.05. The van der Waals surface area contributed by atoms with Gasteiger partial charge in [0.15, 0.2) is 0 Å². The number of halogens is 1. The number of nitrogens with zero attached hydrogens (tertiary/aromatic N) is 1. The lowest BCUT2D eigenvalue weighted by Crippen LogP contribution is -2.42. The van der Waals surface area contributed by atoms with E-state index in [1.54, 1.807) is 13.2 Å². The van der Waals surface area contributed by atoms with Crippen LogP contribution in [0, 0.1) is 0 Å². The van der Waals surface area contributed by atoms with Gasteiger partial charge in [0.1, 0.15) is 5.75 Å². The van der Waals surface area contributed by atoms with Gasteiger partial charge in [-0.2, -0.15) is 0 Å². The lowest BCUT2D eigenvalue weighted by Gasteiger charge is -2.31. The molecule has 0 aliphatic rings. The molecule has 0 saturated carbocycles. The number of amides is 1. The molecule has 0 aliphatic carbocycles. The van der Waals surface area contributed by atoms with Crippen LogP contribution in [-0.4, -0.2) is 30.0 Å². The molecule has 0 N–H and O–H groups in total. The number of hydrogen-bond donors (Lipinski definition) is 0. The van der Waals surface area contributed by atoms with E-state index in [-0.39, 0.29) is 18.0 Å². The first-order chi connectivity index (χ1) is 8.38. The van der Waals surface area contributed by atoms with Gasteiger partial charge in [0.05, 0.1) is 12.7 Å². The van der Waals surface area contributed by atoms with Crippen molar-refractivity contribution in [1.29, 1.82) is 0 Å². The molecule has 0 bridgehead atoms. The lowest BCUT2D eigenvalue weighted by atomic mass is 10.1. The smallest absolute Gasteiger partial charge is 0.258 e. The van der Waals surface area contributed by atoms with Crippen molar-refractivity contribution >= 4 is 21.8 Å². The fourth-order valence-corrected chi connectivity index (χ4v) is 2.39. The van der Waals surface area contributed by atoms with Gasteiger partial charge in [-0.25, -0.2) is 0 Å². The molecule has 1 aromatic rings. The lowest BCUT2D eigenvalue weighted by molar-refractivity contribution is 0.0640. The van der Waals surface area contributed by atoms with Gasteiger partial charge in [0.25, 0.3) is 5.91 Å². The molecule has 0 heterocycles. The number of hydrogen-bond acceptors (Lipinski definition) is 2.